The summed E-state index contributed by atoms with van der Waals surface area (Å²) < 4.78 is 5.65. The Labute approximate surface area is 149 Å². The molecule has 25 heavy (non-hydrogen) atoms. The first-order valence-electron chi connectivity index (χ1n) is 9.81. The minimum absolute atomic E-state index is 0.746. The molecule has 2 atom stereocenters. The molecule has 0 unspecified atom stereocenters. The highest BCUT2D eigenvalue weighted by atomic mass is 16.5. The van der Waals surface area contributed by atoms with E-state index < -0.39 is 0 Å². The van der Waals surface area contributed by atoms with E-state index in [9.17, 15) is 0 Å². The van der Waals surface area contributed by atoms with E-state index in [1.807, 2.05) is 18.2 Å². The molecule has 4 fully saturated rings. The van der Waals surface area contributed by atoms with Gasteiger partial charge in [0.25, 0.3) is 0 Å². The average Bonchev–Trinajstić information content (AvgIpc) is 3.39. The van der Waals surface area contributed by atoms with E-state index in [4.69, 9.17) is 4.52 Å². The molecule has 0 spiro atoms. The molecule has 4 aliphatic rings. The Morgan fingerprint density at radius 1 is 1.00 bits per heavy atom. The van der Waals surface area contributed by atoms with Crippen LogP contribution in [0.2, 0.25) is 0 Å². The molecular weight excluding hydrogens is 310 g/mol. The van der Waals surface area contributed by atoms with E-state index in [2.05, 4.69) is 33.2 Å². The number of hydrogen-bond donors (Lipinski definition) is 0. The van der Waals surface area contributed by atoms with E-state index in [-0.39, 0.29) is 0 Å². The predicted molar refractivity (Wildman–Crippen MR) is 98.0 cm³/mol. The first-order chi connectivity index (χ1) is 12.3. The van der Waals surface area contributed by atoms with Gasteiger partial charge in [-0.25, -0.2) is 0 Å². The second-order valence-corrected chi connectivity index (χ2v) is 8.23. The van der Waals surface area contributed by atoms with Crippen LogP contribution in [-0.4, -0.2) is 47.2 Å². The van der Waals surface area contributed by atoms with Crippen molar-refractivity contribution in [3.8, 4) is 11.3 Å². The first kappa shape index (κ1) is 15.6. The van der Waals surface area contributed by atoms with Crippen LogP contribution in [0.1, 0.15) is 31.4 Å². The van der Waals surface area contributed by atoms with Crippen molar-refractivity contribution >= 4 is 0 Å². The summed E-state index contributed by atoms with van der Waals surface area (Å²) in [6.45, 7) is 5.94. The van der Waals surface area contributed by atoms with Crippen LogP contribution in [0, 0.1) is 11.8 Å². The molecule has 4 nitrogen and oxygen atoms in total. The predicted octanol–water partition coefficient (Wildman–Crippen LogP) is 3.65. The van der Waals surface area contributed by atoms with E-state index in [0.717, 1.165) is 41.4 Å². The van der Waals surface area contributed by atoms with Crippen LogP contribution in [0.15, 0.2) is 40.9 Å². The van der Waals surface area contributed by atoms with Crippen LogP contribution in [0.5, 0.6) is 0 Å². The summed E-state index contributed by atoms with van der Waals surface area (Å²) in [5.41, 5.74) is 2.08. The summed E-state index contributed by atoms with van der Waals surface area (Å²) in [5, 5.41) is 4.28. The van der Waals surface area contributed by atoms with Crippen molar-refractivity contribution in [1.82, 2.24) is 15.0 Å². The third kappa shape index (κ3) is 3.51. The molecule has 0 radical (unpaired) electrons. The average molecular weight is 337 g/mol. The number of fused-ring (bicyclic) bond motifs is 4. The van der Waals surface area contributed by atoms with Crippen LogP contribution in [0.4, 0.5) is 0 Å². The molecule has 132 valence electrons. The van der Waals surface area contributed by atoms with Crippen LogP contribution in [0.25, 0.3) is 11.3 Å². The minimum atomic E-state index is 0.746. The smallest absolute Gasteiger partial charge is 0.151 e. The van der Waals surface area contributed by atoms with Crippen LogP contribution >= 0.6 is 0 Å². The highest BCUT2D eigenvalue weighted by Crippen LogP contribution is 2.35. The van der Waals surface area contributed by atoms with E-state index in [1.165, 1.54) is 51.9 Å². The van der Waals surface area contributed by atoms with Crippen molar-refractivity contribution in [2.45, 2.75) is 38.3 Å². The standard InChI is InChI=1S/C21H27N3O/c1-2-4-18(5-3-1)21-10-20(25-22-21)15-23-11-17-8-9-19(14-23)24(13-17)12-16-6-7-16/h1-5,10,16-17,19H,6-9,11-15H2/t17-,19+/m0/s1. The molecule has 4 heterocycles. The topological polar surface area (TPSA) is 32.5 Å². The van der Waals surface area contributed by atoms with Gasteiger partial charge in [-0.3, -0.25) is 9.80 Å². The molecule has 2 aromatic rings. The molecule has 6 rings (SSSR count). The normalized spacial score (nSPS) is 27.5. The molecule has 0 amide bonds. The fraction of sp³-hybridized carbons (Fsp3) is 0.571. The SMILES string of the molecule is c1ccc(-c2cc(CN3C[C@@H]4CC[C@H](C3)N(CC3CC3)C4)on2)cc1. The van der Waals surface area contributed by atoms with Gasteiger partial charge in [0, 0.05) is 43.9 Å². The Morgan fingerprint density at radius 2 is 1.88 bits per heavy atom. The monoisotopic (exact) mass is 337 g/mol. The van der Waals surface area contributed by atoms with Crippen LogP contribution in [0.3, 0.4) is 0 Å². The van der Waals surface area contributed by atoms with Crippen LogP contribution in [-0.2, 0) is 6.54 Å². The zero-order valence-corrected chi connectivity index (χ0v) is 14.8. The highest BCUT2D eigenvalue weighted by molar-refractivity contribution is 5.58. The van der Waals surface area contributed by atoms with Gasteiger partial charge >= 0.3 is 0 Å². The van der Waals surface area contributed by atoms with Gasteiger partial charge in [-0.1, -0.05) is 35.5 Å². The largest absolute Gasteiger partial charge is 0.359 e. The molecule has 3 saturated heterocycles. The summed E-state index contributed by atoms with van der Waals surface area (Å²) in [6, 6.07) is 13.2. The number of piperidine rings is 1. The van der Waals surface area contributed by atoms with Gasteiger partial charge in [0.1, 0.15) is 5.69 Å². The van der Waals surface area contributed by atoms with Crippen molar-refractivity contribution in [3.05, 3.63) is 42.2 Å². The molecule has 2 bridgehead atoms. The molecule has 1 aliphatic carbocycles. The van der Waals surface area contributed by atoms with Gasteiger partial charge in [0.2, 0.25) is 0 Å². The van der Waals surface area contributed by atoms with Gasteiger partial charge < -0.3 is 4.52 Å². The lowest BCUT2D eigenvalue weighted by Gasteiger charge is -2.36. The van der Waals surface area contributed by atoms with Gasteiger partial charge in [-0.15, -0.1) is 0 Å². The van der Waals surface area contributed by atoms with Crippen molar-refractivity contribution in [1.29, 1.82) is 0 Å². The van der Waals surface area contributed by atoms with Crippen molar-refractivity contribution in [2.24, 2.45) is 11.8 Å². The molecule has 3 aliphatic heterocycles. The Bertz CT molecular complexity index is 709. The van der Waals surface area contributed by atoms with Gasteiger partial charge in [0.05, 0.1) is 6.54 Å². The second kappa shape index (κ2) is 6.58. The molecule has 1 saturated carbocycles. The molecular formula is C21H27N3O. The Balaban J connectivity index is 1.26. The fourth-order valence-corrected chi connectivity index (χ4v) is 4.61. The number of rotatable bonds is 5. The first-order valence-corrected chi connectivity index (χ1v) is 9.81. The molecule has 4 heteroatoms. The summed E-state index contributed by atoms with van der Waals surface area (Å²) in [7, 11) is 0. The zero-order valence-electron chi connectivity index (χ0n) is 14.8. The third-order valence-corrected chi connectivity index (χ3v) is 6.10. The van der Waals surface area contributed by atoms with Gasteiger partial charge in [-0.2, -0.15) is 0 Å². The summed E-state index contributed by atoms with van der Waals surface area (Å²) in [4.78, 5) is 5.39. The van der Waals surface area contributed by atoms with Crippen molar-refractivity contribution in [2.75, 3.05) is 26.2 Å². The Kier molecular flexibility index (Phi) is 4.10. The molecule has 1 aromatic carbocycles. The quantitative estimate of drug-likeness (QED) is 0.834. The minimum Gasteiger partial charge on any atom is -0.359 e. The van der Waals surface area contributed by atoms with Gasteiger partial charge in [-0.05, 0) is 37.5 Å². The van der Waals surface area contributed by atoms with Gasteiger partial charge in [0.15, 0.2) is 5.76 Å². The third-order valence-electron chi connectivity index (χ3n) is 6.10. The number of hydrogen-bond acceptors (Lipinski definition) is 4. The second-order valence-electron chi connectivity index (χ2n) is 8.23. The maximum atomic E-state index is 5.65. The Hall–Kier alpha value is -1.65. The lowest BCUT2D eigenvalue weighted by Crippen LogP contribution is -2.44. The van der Waals surface area contributed by atoms with Crippen molar-refractivity contribution in [3.63, 3.8) is 0 Å². The lowest BCUT2D eigenvalue weighted by atomic mass is 9.95. The van der Waals surface area contributed by atoms with E-state index in [0.29, 0.717) is 0 Å². The zero-order chi connectivity index (χ0) is 16.6. The number of aromatic nitrogens is 1. The molecule has 0 N–H and O–H groups in total. The summed E-state index contributed by atoms with van der Waals surface area (Å²) >= 11 is 0. The number of benzene rings is 1. The van der Waals surface area contributed by atoms with E-state index in [1.54, 1.807) is 0 Å². The summed E-state index contributed by atoms with van der Waals surface area (Å²) in [5.74, 6) is 2.82. The highest BCUT2D eigenvalue weighted by Gasteiger charge is 2.37. The number of nitrogens with zero attached hydrogens (tertiary/aromatic N) is 3. The molecule has 1 aromatic heterocycles. The maximum Gasteiger partial charge on any atom is 0.151 e. The Morgan fingerprint density at radius 3 is 2.72 bits per heavy atom. The summed E-state index contributed by atoms with van der Waals surface area (Å²) in [6.07, 6.45) is 5.68. The van der Waals surface area contributed by atoms with Crippen LogP contribution < -0.4 is 0 Å². The van der Waals surface area contributed by atoms with Crippen molar-refractivity contribution < 1.29 is 4.52 Å². The maximum absolute atomic E-state index is 5.65. The lowest BCUT2D eigenvalue weighted by molar-refractivity contribution is 0.124. The fourth-order valence-electron chi connectivity index (χ4n) is 4.61. The van der Waals surface area contributed by atoms with E-state index >= 15 is 0 Å².